The molecule has 1 fully saturated rings. The summed E-state index contributed by atoms with van der Waals surface area (Å²) in [6.07, 6.45) is 5.82. The van der Waals surface area contributed by atoms with Crippen molar-refractivity contribution >= 4 is 11.0 Å². The normalized spacial score (nSPS) is 13.5. The van der Waals surface area contributed by atoms with Gasteiger partial charge in [0.1, 0.15) is 24.6 Å². The molecular weight excluding hydrogens is 612 g/mol. The van der Waals surface area contributed by atoms with Gasteiger partial charge in [0.05, 0.1) is 0 Å². The van der Waals surface area contributed by atoms with E-state index < -0.39 is 0 Å². The Hall–Kier alpha value is -5.90. The molecule has 8 rings (SSSR count). The molecule has 3 aromatic heterocycles. The topological polar surface area (TPSA) is 117 Å². The third kappa shape index (κ3) is 6.62. The summed E-state index contributed by atoms with van der Waals surface area (Å²) < 4.78 is 15.0. The lowest BCUT2D eigenvalue weighted by Gasteiger charge is -2.22. The van der Waals surface area contributed by atoms with Crippen LogP contribution in [0.4, 0.5) is 0 Å². The molecule has 0 spiro atoms. The minimum absolute atomic E-state index is 0.325. The third-order valence-corrected chi connectivity index (χ3v) is 9.16. The van der Waals surface area contributed by atoms with Gasteiger partial charge in [-0.1, -0.05) is 128 Å². The molecule has 4 aromatic carbocycles. The number of nitrogens with zero attached hydrogens (tertiary/aromatic N) is 7. The lowest BCUT2D eigenvalue weighted by Crippen LogP contribution is -2.13. The number of imidazole rings is 1. The van der Waals surface area contributed by atoms with Crippen LogP contribution in [0.5, 0.6) is 11.8 Å². The number of H-pyrrole nitrogens is 1. The van der Waals surface area contributed by atoms with E-state index in [9.17, 15) is 0 Å². The standard InChI is InChI=1S/C39H36N8O2/c1-4-12-28(13-5-1)25-48-38-34-35(39(44-43-38)49-26-29-14-6-2-7-15-29)47(37(40-34)31-16-8-3-9-17-31)24-27-20-22-30(23-21-27)32-18-10-11-19-33(32)36-41-45-46-42-36/h1-2,4-7,10-15,18-23,31H,3,8-9,16-17,24-26H2,(H,41,42,45,46). The van der Waals surface area contributed by atoms with E-state index in [1.807, 2.05) is 78.9 Å². The number of hydrogen-bond donors (Lipinski definition) is 1. The van der Waals surface area contributed by atoms with Crippen molar-refractivity contribution in [1.29, 1.82) is 0 Å². The summed E-state index contributed by atoms with van der Waals surface area (Å²) in [5, 5.41) is 23.9. The van der Waals surface area contributed by atoms with Crippen LogP contribution in [0.3, 0.4) is 0 Å². The molecule has 0 amide bonds. The van der Waals surface area contributed by atoms with E-state index in [1.165, 1.54) is 19.3 Å². The molecule has 0 radical (unpaired) electrons. The van der Waals surface area contributed by atoms with E-state index in [2.05, 4.69) is 65.7 Å². The van der Waals surface area contributed by atoms with Gasteiger partial charge >= 0.3 is 0 Å². The number of rotatable bonds is 11. The van der Waals surface area contributed by atoms with Gasteiger partial charge in [0, 0.05) is 18.0 Å². The highest BCUT2D eigenvalue weighted by molar-refractivity contribution is 5.85. The highest BCUT2D eigenvalue weighted by Gasteiger charge is 2.28. The van der Waals surface area contributed by atoms with Crippen LogP contribution in [0.15, 0.2) is 109 Å². The molecule has 1 aliphatic carbocycles. The van der Waals surface area contributed by atoms with Crippen molar-refractivity contribution in [2.24, 2.45) is 0 Å². The second-order valence-corrected chi connectivity index (χ2v) is 12.4. The van der Waals surface area contributed by atoms with Crippen LogP contribution in [-0.4, -0.2) is 40.4 Å². The second kappa shape index (κ2) is 14.1. The monoisotopic (exact) mass is 648 g/mol. The van der Waals surface area contributed by atoms with E-state index in [0.29, 0.717) is 48.8 Å². The summed E-state index contributed by atoms with van der Waals surface area (Å²) in [5.74, 6) is 2.79. The van der Waals surface area contributed by atoms with Crippen molar-refractivity contribution in [3.63, 3.8) is 0 Å². The maximum Gasteiger partial charge on any atom is 0.262 e. The van der Waals surface area contributed by atoms with Crippen LogP contribution >= 0.6 is 0 Å². The summed E-state index contributed by atoms with van der Waals surface area (Å²) in [6, 6.07) is 36.9. The summed E-state index contributed by atoms with van der Waals surface area (Å²) in [6.45, 7) is 1.33. The fraction of sp³-hybridized carbons (Fsp3) is 0.231. The SMILES string of the molecule is c1ccc(COc2nnc(OCc3ccccc3)c3c2nc(C2CCCCC2)n3Cc2ccc(-c3ccccc3-c3nn[nH]n3)cc2)cc1. The van der Waals surface area contributed by atoms with Gasteiger partial charge in [-0.05, 0) is 45.9 Å². The summed E-state index contributed by atoms with van der Waals surface area (Å²) in [4.78, 5) is 5.30. The van der Waals surface area contributed by atoms with Gasteiger partial charge in [0.2, 0.25) is 5.82 Å². The molecule has 1 N–H and O–H groups in total. The number of aromatic nitrogens is 8. The molecule has 1 aliphatic rings. The number of tetrazole rings is 1. The number of hydrogen-bond acceptors (Lipinski definition) is 8. The van der Waals surface area contributed by atoms with E-state index in [0.717, 1.165) is 57.6 Å². The molecular formula is C39H36N8O2. The Morgan fingerprint density at radius 1 is 0.633 bits per heavy atom. The Labute approximate surface area is 284 Å². The first-order valence-corrected chi connectivity index (χ1v) is 16.8. The van der Waals surface area contributed by atoms with Gasteiger partial charge in [-0.2, -0.15) is 5.21 Å². The molecule has 3 heterocycles. The number of benzene rings is 4. The highest BCUT2D eigenvalue weighted by Crippen LogP contribution is 2.39. The molecule has 244 valence electrons. The molecule has 0 aliphatic heterocycles. The van der Waals surface area contributed by atoms with Gasteiger partial charge < -0.3 is 14.0 Å². The van der Waals surface area contributed by atoms with Crippen LogP contribution in [0, 0.1) is 0 Å². The van der Waals surface area contributed by atoms with Gasteiger partial charge in [0.15, 0.2) is 5.52 Å². The number of aromatic amines is 1. The van der Waals surface area contributed by atoms with E-state index in [1.54, 1.807) is 0 Å². The maximum absolute atomic E-state index is 6.42. The first-order chi connectivity index (χ1) is 24.3. The quantitative estimate of drug-likeness (QED) is 0.150. The van der Waals surface area contributed by atoms with Gasteiger partial charge in [-0.3, -0.25) is 0 Å². The molecule has 0 saturated heterocycles. The minimum atomic E-state index is 0.325. The molecule has 0 unspecified atom stereocenters. The predicted octanol–water partition coefficient (Wildman–Crippen LogP) is 7.93. The minimum Gasteiger partial charge on any atom is -0.470 e. The molecule has 49 heavy (non-hydrogen) atoms. The summed E-state index contributed by atoms with van der Waals surface area (Å²) in [7, 11) is 0. The Kier molecular flexibility index (Phi) is 8.74. The number of ether oxygens (including phenoxy) is 2. The Balaban J connectivity index is 1.19. The summed E-state index contributed by atoms with van der Waals surface area (Å²) in [5.41, 5.74) is 7.76. The van der Waals surface area contributed by atoms with Crippen LogP contribution in [0.1, 0.15) is 60.5 Å². The van der Waals surface area contributed by atoms with Crippen molar-refractivity contribution in [3.05, 3.63) is 132 Å². The average molecular weight is 649 g/mol. The average Bonchev–Trinajstić information content (AvgIpc) is 3.85. The fourth-order valence-electron chi connectivity index (χ4n) is 6.68. The van der Waals surface area contributed by atoms with Crippen molar-refractivity contribution in [3.8, 4) is 34.3 Å². The molecule has 0 bridgehead atoms. The molecule has 7 aromatic rings. The van der Waals surface area contributed by atoms with E-state index in [-0.39, 0.29) is 0 Å². The largest absolute Gasteiger partial charge is 0.470 e. The second-order valence-electron chi connectivity index (χ2n) is 12.4. The predicted molar refractivity (Wildman–Crippen MR) is 187 cm³/mol. The van der Waals surface area contributed by atoms with Crippen LogP contribution in [-0.2, 0) is 19.8 Å². The highest BCUT2D eigenvalue weighted by atomic mass is 16.5. The first-order valence-electron chi connectivity index (χ1n) is 16.8. The van der Waals surface area contributed by atoms with Gasteiger partial charge in [-0.15, -0.1) is 20.4 Å². The maximum atomic E-state index is 6.42. The van der Waals surface area contributed by atoms with Crippen molar-refractivity contribution < 1.29 is 9.47 Å². The molecule has 10 heteroatoms. The molecule has 0 atom stereocenters. The number of fused-ring (bicyclic) bond motifs is 1. The van der Waals surface area contributed by atoms with Crippen LogP contribution in [0.25, 0.3) is 33.5 Å². The zero-order chi connectivity index (χ0) is 32.8. The Bertz CT molecular complexity index is 2130. The first kappa shape index (κ1) is 30.4. The van der Waals surface area contributed by atoms with Gasteiger partial charge in [-0.25, -0.2) is 4.98 Å². The van der Waals surface area contributed by atoms with Crippen molar-refractivity contribution in [1.82, 2.24) is 40.4 Å². The molecule has 10 nitrogen and oxygen atoms in total. The smallest absolute Gasteiger partial charge is 0.262 e. The Morgan fingerprint density at radius 2 is 1.27 bits per heavy atom. The summed E-state index contributed by atoms with van der Waals surface area (Å²) >= 11 is 0. The van der Waals surface area contributed by atoms with Crippen molar-refractivity contribution in [2.45, 2.75) is 57.8 Å². The fourth-order valence-corrected chi connectivity index (χ4v) is 6.68. The third-order valence-electron chi connectivity index (χ3n) is 9.16. The lowest BCUT2D eigenvalue weighted by atomic mass is 9.88. The van der Waals surface area contributed by atoms with E-state index in [4.69, 9.17) is 14.5 Å². The lowest BCUT2D eigenvalue weighted by molar-refractivity contribution is 0.277. The van der Waals surface area contributed by atoms with Crippen molar-refractivity contribution in [2.75, 3.05) is 0 Å². The zero-order valence-corrected chi connectivity index (χ0v) is 27.1. The molecule has 1 saturated carbocycles. The van der Waals surface area contributed by atoms with E-state index >= 15 is 0 Å². The van der Waals surface area contributed by atoms with Crippen LogP contribution < -0.4 is 9.47 Å². The van der Waals surface area contributed by atoms with Gasteiger partial charge in [0.25, 0.3) is 11.8 Å². The number of nitrogens with one attached hydrogen (secondary N) is 1. The zero-order valence-electron chi connectivity index (χ0n) is 27.1. The Morgan fingerprint density at radius 3 is 1.94 bits per heavy atom. The van der Waals surface area contributed by atoms with Crippen LogP contribution in [0.2, 0.25) is 0 Å².